The minimum absolute atomic E-state index is 0.0850. The van der Waals surface area contributed by atoms with Crippen molar-refractivity contribution in [3.63, 3.8) is 0 Å². The summed E-state index contributed by atoms with van der Waals surface area (Å²) in [6.07, 6.45) is 3.03. The lowest BCUT2D eigenvalue weighted by Gasteiger charge is -2.37. The molecular weight excluding hydrogens is 168 g/mol. The summed E-state index contributed by atoms with van der Waals surface area (Å²) in [7, 11) is 0. The number of carbonyl (C=O) groups is 1. The fourth-order valence-electron chi connectivity index (χ4n) is 1.91. The standard InChI is InChI=1S/C10H18O3/c1-3-10(2)7-8(4-5-13-10)6-9(11)12/h8H,3-7H2,1-2H3,(H,11,12). The first-order valence-electron chi connectivity index (χ1n) is 4.91. The van der Waals surface area contributed by atoms with E-state index in [0.717, 1.165) is 19.3 Å². The Morgan fingerprint density at radius 1 is 1.69 bits per heavy atom. The van der Waals surface area contributed by atoms with Gasteiger partial charge in [-0.05, 0) is 32.1 Å². The number of aliphatic carboxylic acids is 1. The Morgan fingerprint density at radius 2 is 2.38 bits per heavy atom. The Hall–Kier alpha value is -0.570. The van der Waals surface area contributed by atoms with E-state index in [1.165, 1.54) is 0 Å². The zero-order valence-corrected chi connectivity index (χ0v) is 8.38. The van der Waals surface area contributed by atoms with Crippen molar-refractivity contribution in [3.05, 3.63) is 0 Å². The van der Waals surface area contributed by atoms with Crippen LogP contribution in [-0.2, 0) is 9.53 Å². The van der Waals surface area contributed by atoms with Crippen molar-refractivity contribution in [2.24, 2.45) is 5.92 Å². The highest BCUT2D eigenvalue weighted by molar-refractivity contribution is 5.67. The fraction of sp³-hybridized carbons (Fsp3) is 0.900. The smallest absolute Gasteiger partial charge is 0.303 e. The molecule has 0 aliphatic carbocycles. The van der Waals surface area contributed by atoms with Gasteiger partial charge < -0.3 is 9.84 Å². The molecule has 1 aliphatic rings. The average molecular weight is 186 g/mol. The molecule has 1 heterocycles. The van der Waals surface area contributed by atoms with E-state index >= 15 is 0 Å². The summed E-state index contributed by atoms with van der Waals surface area (Å²) < 4.78 is 5.63. The van der Waals surface area contributed by atoms with Gasteiger partial charge in [-0.2, -0.15) is 0 Å². The normalized spacial score (nSPS) is 34.5. The third-order valence-corrected chi connectivity index (χ3v) is 2.91. The quantitative estimate of drug-likeness (QED) is 0.733. The molecule has 0 bridgehead atoms. The molecule has 3 heteroatoms. The molecule has 0 saturated carbocycles. The third kappa shape index (κ3) is 2.99. The van der Waals surface area contributed by atoms with Crippen LogP contribution in [0.3, 0.4) is 0 Å². The van der Waals surface area contributed by atoms with Crippen LogP contribution in [0.4, 0.5) is 0 Å². The van der Waals surface area contributed by atoms with E-state index in [2.05, 4.69) is 13.8 Å². The van der Waals surface area contributed by atoms with E-state index in [1.807, 2.05) is 0 Å². The van der Waals surface area contributed by atoms with Crippen LogP contribution in [0.25, 0.3) is 0 Å². The molecule has 13 heavy (non-hydrogen) atoms. The molecule has 1 fully saturated rings. The Balaban J connectivity index is 2.46. The second kappa shape index (κ2) is 4.09. The highest BCUT2D eigenvalue weighted by atomic mass is 16.5. The summed E-state index contributed by atoms with van der Waals surface area (Å²) in [6.45, 7) is 4.87. The van der Waals surface area contributed by atoms with Gasteiger partial charge in [0.1, 0.15) is 0 Å². The van der Waals surface area contributed by atoms with Gasteiger partial charge in [-0.3, -0.25) is 4.79 Å². The Bertz CT molecular complexity index is 191. The van der Waals surface area contributed by atoms with Crippen molar-refractivity contribution in [1.82, 2.24) is 0 Å². The predicted molar refractivity (Wildman–Crippen MR) is 49.6 cm³/mol. The highest BCUT2D eigenvalue weighted by Crippen LogP contribution is 2.33. The van der Waals surface area contributed by atoms with Gasteiger partial charge in [-0.25, -0.2) is 0 Å². The van der Waals surface area contributed by atoms with E-state index in [9.17, 15) is 4.79 Å². The van der Waals surface area contributed by atoms with Crippen LogP contribution in [0.5, 0.6) is 0 Å². The Kier molecular flexibility index (Phi) is 3.31. The largest absolute Gasteiger partial charge is 0.481 e. The van der Waals surface area contributed by atoms with Crippen LogP contribution >= 0.6 is 0 Å². The lowest BCUT2D eigenvalue weighted by atomic mass is 9.84. The minimum Gasteiger partial charge on any atom is -0.481 e. The summed E-state index contributed by atoms with van der Waals surface area (Å²) in [5, 5.41) is 8.67. The topological polar surface area (TPSA) is 46.5 Å². The molecule has 3 nitrogen and oxygen atoms in total. The van der Waals surface area contributed by atoms with Crippen molar-refractivity contribution >= 4 is 5.97 Å². The molecule has 0 spiro atoms. The maximum absolute atomic E-state index is 10.5. The van der Waals surface area contributed by atoms with Gasteiger partial charge in [0.05, 0.1) is 5.60 Å². The van der Waals surface area contributed by atoms with Gasteiger partial charge in [-0.15, -0.1) is 0 Å². The molecule has 0 radical (unpaired) electrons. The summed E-state index contributed by atoms with van der Waals surface area (Å²) in [5.41, 5.74) is -0.0850. The molecule has 76 valence electrons. The molecule has 1 rings (SSSR count). The van der Waals surface area contributed by atoms with Gasteiger partial charge >= 0.3 is 5.97 Å². The van der Waals surface area contributed by atoms with Gasteiger partial charge in [0, 0.05) is 13.0 Å². The third-order valence-electron chi connectivity index (χ3n) is 2.91. The van der Waals surface area contributed by atoms with E-state index in [-0.39, 0.29) is 5.60 Å². The molecule has 1 saturated heterocycles. The summed E-state index contributed by atoms with van der Waals surface area (Å²) >= 11 is 0. The van der Waals surface area contributed by atoms with Crippen LogP contribution in [-0.4, -0.2) is 23.3 Å². The first kappa shape index (κ1) is 10.5. The molecule has 1 N–H and O–H groups in total. The Morgan fingerprint density at radius 3 is 2.92 bits per heavy atom. The fourth-order valence-corrected chi connectivity index (χ4v) is 1.91. The van der Waals surface area contributed by atoms with Crippen LogP contribution < -0.4 is 0 Å². The molecule has 0 aromatic carbocycles. The number of hydrogen-bond acceptors (Lipinski definition) is 2. The number of ether oxygens (including phenoxy) is 1. The molecule has 2 unspecified atom stereocenters. The zero-order chi connectivity index (χ0) is 9.90. The van der Waals surface area contributed by atoms with Crippen LogP contribution in [0.2, 0.25) is 0 Å². The van der Waals surface area contributed by atoms with Crippen molar-refractivity contribution < 1.29 is 14.6 Å². The highest BCUT2D eigenvalue weighted by Gasteiger charge is 2.32. The maximum atomic E-state index is 10.5. The van der Waals surface area contributed by atoms with Gasteiger partial charge in [0.2, 0.25) is 0 Å². The van der Waals surface area contributed by atoms with Crippen LogP contribution in [0.1, 0.15) is 39.5 Å². The molecule has 0 aromatic heterocycles. The first-order valence-corrected chi connectivity index (χ1v) is 4.91. The van der Waals surface area contributed by atoms with Crippen molar-refractivity contribution in [2.75, 3.05) is 6.61 Å². The Labute approximate surface area is 79.1 Å². The van der Waals surface area contributed by atoms with Gasteiger partial charge in [0.25, 0.3) is 0 Å². The predicted octanol–water partition coefficient (Wildman–Crippen LogP) is 2.06. The van der Waals surface area contributed by atoms with Crippen LogP contribution in [0, 0.1) is 5.92 Å². The average Bonchev–Trinajstić information content (AvgIpc) is 2.03. The van der Waals surface area contributed by atoms with Gasteiger partial charge in [-0.1, -0.05) is 6.92 Å². The summed E-state index contributed by atoms with van der Waals surface area (Å²) in [4.78, 5) is 10.5. The number of rotatable bonds is 3. The second-order valence-electron chi connectivity index (χ2n) is 4.11. The number of hydrogen-bond donors (Lipinski definition) is 1. The van der Waals surface area contributed by atoms with E-state index in [0.29, 0.717) is 18.9 Å². The van der Waals surface area contributed by atoms with Crippen molar-refractivity contribution in [3.8, 4) is 0 Å². The molecule has 0 amide bonds. The minimum atomic E-state index is -0.689. The van der Waals surface area contributed by atoms with E-state index in [4.69, 9.17) is 9.84 Å². The second-order valence-corrected chi connectivity index (χ2v) is 4.11. The SMILES string of the molecule is CCC1(C)CC(CC(=O)O)CCO1. The zero-order valence-electron chi connectivity index (χ0n) is 8.38. The number of carboxylic acid groups (broad SMARTS) is 1. The van der Waals surface area contributed by atoms with Gasteiger partial charge in [0.15, 0.2) is 0 Å². The summed E-state index contributed by atoms with van der Waals surface area (Å²) in [6, 6.07) is 0. The number of carboxylic acids is 1. The maximum Gasteiger partial charge on any atom is 0.303 e. The van der Waals surface area contributed by atoms with Crippen LogP contribution in [0.15, 0.2) is 0 Å². The van der Waals surface area contributed by atoms with E-state index in [1.54, 1.807) is 0 Å². The first-order chi connectivity index (χ1) is 6.06. The summed E-state index contributed by atoms with van der Waals surface area (Å²) in [5.74, 6) is -0.387. The lowest BCUT2D eigenvalue weighted by Crippen LogP contribution is -2.37. The molecular formula is C10H18O3. The molecule has 0 aromatic rings. The van der Waals surface area contributed by atoms with Crippen molar-refractivity contribution in [1.29, 1.82) is 0 Å². The lowest BCUT2D eigenvalue weighted by molar-refractivity contribution is -0.141. The van der Waals surface area contributed by atoms with Crippen molar-refractivity contribution in [2.45, 2.75) is 45.1 Å². The monoisotopic (exact) mass is 186 g/mol. The molecule has 1 aliphatic heterocycles. The van der Waals surface area contributed by atoms with E-state index < -0.39 is 5.97 Å². The molecule has 2 atom stereocenters.